The molecule has 0 bridgehead atoms. The number of hydrogen-bond donors (Lipinski definition) is 1. The minimum atomic E-state index is 0.540. The Labute approximate surface area is 110 Å². The van der Waals surface area contributed by atoms with Crippen LogP contribution in [0.3, 0.4) is 0 Å². The van der Waals surface area contributed by atoms with E-state index < -0.39 is 0 Å². The van der Waals surface area contributed by atoms with E-state index in [0.29, 0.717) is 13.2 Å². The lowest BCUT2D eigenvalue weighted by Crippen LogP contribution is -2.13. The molecule has 1 N–H and O–H groups in total. The number of hydrogen-bond acceptors (Lipinski definition) is 4. The van der Waals surface area contributed by atoms with E-state index >= 15 is 0 Å². The fourth-order valence-electron chi connectivity index (χ4n) is 1.69. The molecule has 0 fully saturated rings. The van der Waals surface area contributed by atoms with Crippen LogP contribution in [0.15, 0.2) is 10.5 Å². The van der Waals surface area contributed by atoms with Crippen molar-refractivity contribution >= 4 is 0 Å². The van der Waals surface area contributed by atoms with Gasteiger partial charge in [-0.2, -0.15) is 0 Å². The standard InChI is InChI=1S/C14H25NO3/c1-4-6-15-10-14-12(2)9-13(18-14)11-17-8-5-7-16-3/h9,15H,4-8,10-11H2,1-3H3. The van der Waals surface area contributed by atoms with Crippen molar-refractivity contribution in [2.75, 3.05) is 26.9 Å². The van der Waals surface area contributed by atoms with Crippen LogP contribution >= 0.6 is 0 Å². The molecule has 4 heteroatoms. The van der Waals surface area contributed by atoms with Crippen molar-refractivity contribution in [3.05, 3.63) is 23.2 Å². The van der Waals surface area contributed by atoms with Gasteiger partial charge in [0.25, 0.3) is 0 Å². The Morgan fingerprint density at radius 3 is 2.89 bits per heavy atom. The number of rotatable bonds is 10. The second-order valence-electron chi connectivity index (χ2n) is 4.39. The first-order valence-corrected chi connectivity index (χ1v) is 6.63. The Hall–Kier alpha value is -0.840. The zero-order valence-electron chi connectivity index (χ0n) is 11.8. The van der Waals surface area contributed by atoms with Gasteiger partial charge in [-0.15, -0.1) is 0 Å². The van der Waals surface area contributed by atoms with Crippen LogP contribution in [0.2, 0.25) is 0 Å². The molecule has 0 atom stereocenters. The average Bonchev–Trinajstić information content (AvgIpc) is 2.70. The zero-order valence-corrected chi connectivity index (χ0v) is 11.8. The molecular weight excluding hydrogens is 230 g/mol. The number of furan rings is 1. The van der Waals surface area contributed by atoms with E-state index in [2.05, 4.69) is 25.2 Å². The third-order valence-corrected chi connectivity index (χ3v) is 2.67. The summed E-state index contributed by atoms with van der Waals surface area (Å²) in [4.78, 5) is 0. The molecule has 104 valence electrons. The molecule has 0 spiro atoms. The van der Waals surface area contributed by atoms with Crippen molar-refractivity contribution in [3.63, 3.8) is 0 Å². The van der Waals surface area contributed by atoms with E-state index in [-0.39, 0.29) is 0 Å². The third-order valence-electron chi connectivity index (χ3n) is 2.67. The van der Waals surface area contributed by atoms with Gasteiger partial charge >= 0.3 is 0 Å². The molecule has 0 aromatic carbocycles. The fraction of sp³-hybridized carbons (Fsp3) is 0.714. The molecule has 1 heterocycles. The Bertz CT molecular complexity index is 323. The van der Waals surface area contributed by atoms with Crippen LogP contribution in [0.1, 0.15) is 36.8 Å². The van der Waals surface area contributed by atoms with E-state index in [0.717, 1.165) is 44.1 Å². The van der Waals surface area contributed by atoms with Crippen LogP contribution in [-0.4, -0.2) is 26.9 Å². The SMILES string of the molecule is CCCNCc1oc(COCCCOC)cc1C. The second-order valence-corrected chi connectivity index (χ2v) is 4.39. The van der Waals surface area contributed by atoms with Gasteiger partial charge in [-0.25, -0.2) is 0 Å². The highest BCUT2D eigenvalue weighted by Gasteiger charge is 2.07. The second kappa shape index (κ2) is 9.14. The minimum absolute atomic E-state index is 0.540. The van der Waals surface area contributed by atoms with E-state index in [1.54, 1.807) is 7.11 Å². The van der Waals surface area contributed by atoms with Gasteiger partial charge in [0.15, 0.2) is 0 Å². The van der Waals surface area contributed by atoms with Gasteiger partial charge in [0.2, 0.25) is 0 Å². The Morgan fingerprint density at radius 1 is 1.33 bits per heavy atom. The Morgan fingerprint density at radius 2 is 2.17 bits per heavy atom. The number of ether oxygens (including phenoxy) is 2. The quantitative estimate of drug-likeness (QED) is 0.653. The largest absolute Gasteiger partial charge is 0.462 e. The van der Waals surface area contributed by atoms with Crippen LogP contribution in [0.4, 0.5) is 0 Å². The summed E-state index contributed by atoms with van der Waals surface area (Å²) in [6.07, 6.45) is 2.05. The van der Waals surface area contributed by atoms with Crippen molar-refractivity contribution < 1.29 is 13.9 Å². The van der Waals surface area contributed by atoms with E-state index in [9.17, 15) is 0 Å². The van der Waals surface area contributed by atoms with Crippen LogP contribution in [0.25, 0.3) is 0 Å². The van der Waals surface area contributed by atoms with Crippen molar-refractivity contribution in [1.29, 1.82) is 0 Å². The van der Waals surface area contributed by atoms with Gasteiger partial charge < -0.3 is 19.2 Å². The summed E-state index contributed by atoms with van der Waals surface area (Å²) in [6.45, 7) is 8.02. The highest BCUT2D eigenvalue weighted by molar-refractivity contribution is 5.19. The average molecular weight is 255 g/mol. The molecule has 18 heavy (non-hydrogen) atoms. The first kappa shape index (κ1) is 15.2. The van der Waals surface area contributed by atoms with Gasteiger partial charge in [0.05, 0.1) is 6.54 Å². The smallest absolute Gasteiger partial charge is 0.130 e. The number of methoxy groups -OCH3 is 1. The number of nitrogens with one attached hydrogen (secondary N) is 1. The molecule has 0 saturated carbocycles. The minimum Gasteiger partial charge on any atom is -0.462 e. The highest BCUT2D eigenvalue weighted by atomic mass is 16.5. The van der Waals surface area contributed by atoms with Crippen LogP contribution in [-0.2, 0) is 22.6 Å². The van der Waals surface area contributed by atoms with Gasteiger partial charge in [-0.05, 0) is 37.9 Å². The van der Waals surface area contributed by atoms with Crippen molar-refractivity contribution in [1.82, 2.24) is 5.32 Å². The maximum Gasteiger partial charge on any atom is 0.130 e. The predicted octanol–water partition coefficient (Wildman–Crippen LogP) is 2.64. The summed E-state index contributed by atoms with van der Waals surface area (Å²) in [5.41, 5.74) is 1.19. The summed E-state index contributed by atoms with van der Waals surface area (Å²) in [5, 5.41) is 3.34. The van der Waals surface area contributed by atoms with Crippen molar-refractivity contribution in [3.8, 4) is 0 Å². The lowest BCUT2D eigenvalue weighted by atomic mass is 10.2. The zero-order chi connectivity index (χ0) is 13.2. The van der Waals surface area contributed by atoms with Crippen LogP contribution in [0.5, 0.6) is 0 Å². The molecular formula is C14H25NO3. The first-order valence-electron chi connectivity index (χ1n) is 6.63. The van der Waals surface area contributed by atoms with Gasteiger partial charge in [-0.1, -0.05) is 6.92 Å². The summed E-state index contributed by atoms with van der Waals surface area (Å²) in [5.74, 6) is 1.91. The molecule has 0 aliphatic carbocycles. The van der Waals surface area contributed by atoms with Crippen LogP contribution in [0, 0.1) is 6.92 Å². The lowest BCUT2D eigenvalue weighted by Gasteiger charge is -2.02. The molecule has 0 saturated heterocycles. The molecule has 1 aromatic rings. The molecule has 0 amide bonds. The predicted molar refractivity (Wildman–Crippen MR) is 71.6 cm³/mol. The van der Waals surface area contributed by atoms with Crippen molar-refractivity contribution in [2.24, 2.45) is 0 Å². The monoisotopic (exact) mass is 255 g/mol. The summed E-state index contributed by atoms with van der Waals surface area (Å²) in [7, 11) is 1.70. The first-order chi connectivity index (χ1) is 8.77. The fourth-order valence-corrected chi connectivity index (χ4v) is 1.69. The number of aryl methyl sites for hydroxylation is 1. The Kier molecular flexibility index (Phi) is 7.73. The van der Waals surface area contributed by atoms with Crippen molar-refractivity contribution in [2.45, 2.75) is 39.8 Å². The van der Waals surface area contributed by atoms with E-state index in [4.69, 9.17) is 13.9 Å². The Balaban J connectivity index is 2.27. The lowest BCUT2D eigenvalue weighted by molar-refractivity contribution is 0.0820. The van der Waals surface area contributed by atoms with Gasteiger partial charge in [-0.3, -0.25) is 0 Å². The van der Waals surface area contributed by atoms with Gasteiger partial charge in [0, 0.05) is 20.3 Å². The molecule has 1 rings (SSSR count). The molecule has 0 aliphatic heterocycles. The molecule has 0 radical (unpaired) electrons. The normalized spacial score (nSPS) is 11.1. The van der Waals surface area contributed by atoms with Gasteiger partial charge in [0.1, 0.15) is 18.1 Å². The van der Waals surface area contributed by atoms with E-state index in [1.165, 1.54) is 5.56 Å². The summed E-state index contributed by atoms with van der Waals surface area (Å²) < 4.78 is 16.2. The topological polar surface area (TPSA) is 43.6 Å². The maximum atomic E-state index is 5.75. The summed E-state index contributed by atoms with van der Waals surface area (Å²) >= 11 is 0. The molecule has 4 nitrogen and oxygen atoms in total. The van der Waals surface area contributed by atoms with Crippen LogP contribution < -0.4 is 5.32 Å². The summed E-state index contributed by atoms with van der Waals surface area (Å²) in [6, 6.07) is 2.05. The maximum absolute atomic E-state index is 5.75. The molecule has 1 aromatic heterocycles. The third kappa shape index (κ3) is 5.67. The molecule has 0 unspecified atom stereocenters. The molecule has 0 aliphatic rings. The van der Waals surface area contributed by atoms with E-state index in [1.807, 2.05) is 0 Å². The highest BCUT2D eigenvalue weighted by Crippen LogP contribution is 2.15.